The lowest BCUT2D eigenvalue weighted by atomic mass is 10.1. The monoisotopic (exact) mass is 343 g/mol. The van der Waals surface area contributed by atoms with Crippen molar-refractivity contribution in [3.05, 3.63) is 65.5 Å². The molecule has 0 fully saturated rings. The summed E-state index contributed by atoms with van der Waals surface area (Å²) in [6.45, 7) is 4.63. The summed E-state index contributed by atoms with van der Waals surface area (Å²) in [5, 5.41) is 2.89. The van der Waals surface area contributed by atoms with Gasteiger partial charge in [0.2, 0.25) is 5.91 Å². The van der Waals surface area contributed by atoms with Crippen molar-refractivity contribution in [1.82, 2.24) is 5.32 Å². The molecule has 0 aliphatic carbocycles. The van der Waals surface area contributed by atoms with E-state index in [2.05, 4.69) is 17.4 Å². The number of carbonyl (C=O) groups is 1. The molecule has 0 heterocycles. The van der Waals surface area contributed by atoms with Gasteiger partial charge in [-0.1, -0.05) is 30.3 Å². The van der Waals surface area contributed by atoms with Crippen molar-refractivity contribution in [2.75, 3.05) is 6.54 Å². The van der Waals surface area contributed by atoms with Gasteiger partial charge in [-0.05, 0) is 62.4 Å². The van der Waals surface area contributed by atoms with Gasteiger partial charge in [-0.15, -0.1) is 0 Å². The number of ether oxygens (including phenoxy) is 1. The molecule has 3 nitrogen and oxygen atoms in total. The molecular weight excluding hydrogens is 317 g/mol. The zero-order valence-electron chi connectivity index (χ0n) is 14.9. The first-order chi connectivity index (χ1) is 12.0. The van der Waals surface area contributed by atoms with Crippen molar-refractivity contribution in [3.8, 4) is 5.75 Å². The minimum Gasteiger partial charge on any atom is -0.491 e. The highest BCUT2D eigenvalue weighted by atomic mass is 19.1. The largest absolute Gasteiger partial charge is 0.491 e. The molecule has 0 radical (unpaired) electrons. The first-order valence-corrected chi connectivity index (χ1v) is 8.80. The van der Waals surface area contributed by atoms with Gasteiger partial charge in [0.15, 0.2) is 0 Å². The van der Waals surface area contributed by atoms with Crippen molar-refractivity contribution in [2.45, 2.75) is 45.6 Å². The van der Waals surface area contributed by atoms with Gasteiger partial charge in [-0.3, -0.25) is 4.79 Å². The van der Waals surface area contributed by atoms with Gasteiger partial charge < -0.3 is 10.1 Å². The summed E-state index contributed by atoms with van der Waals surface area (Å²) in [4.78, 5) is 11.8. The molecular formula is C21H26FNO2. The summed E-state index contributed by atoms with van der Waals surface area (Å²) in [7, 11) is 0. The molecule has 0 aliphatic rings. The third-order valence-corrected chi connectivity index (χ3v) is 3.84. The van der Waals surface area contributed by atoms with Gasteiger partial charge in [-0.25, -0.2) is 4.39 Å². The Balaban J connectivity index is 1.63. The van der Waals surface area contributed by atoms with Crippen LogP contribution in [0.25, 0.3) is 0 Å². The summed E-state index contributed by atoms with van der Waals surface area (Å²) in [5.41, 5.74) is 1.80. The molecule has 2 aromatic rings. The fraction of sp³-hybridized carbons (Fsp3) is 0.381. The van der Waals surface area contributed by atoms with Gasteiger partial charge in [-0.2, -0.15) is 0 Å². The fourth-order valence-electron chi connectivity index (χ4n) is 2.56. The van der Waals surface area contributed by atoms with Crippen LogP contribution < -0.4 is 10.1 Å². The van der Waals surface area contributed by atoms with E-state index < -0.39 is 0 Å². The van der Waals surface area contributed by atoms with Crippen molar-refractivity contribution in [1.29, 1.82) is 0 Å². The van der Waals surface area contributed by atoms with Crippen LogP contribution in [0.15, 0.2) is 48.5 Å². The van der Waals surface area contributed by atoms with Crippen LogP contribution in [0, 0.1) is 5.82 Å². The second-order valence-electron chi connectivity index (χ2n) is 6.36. The number of halogens is 1. The van der Waals surface area contributed by atoms with Crippen LogP contribution in [0.5, 0.6) is 5.75 Å². The number of amides is 1. The fourth-order valence-corrected chi connectivity index (χ4v) is 2.56. The second-order valence-corrected chi connectivity index (χ2v) is 6.36. The molecule has 2 rings (SSSR count). The number of nitrogens with one attached hydrogen (secondary N) is 1. The lowest BCUT2D eigenvalue weighted by molar-refractivity contribution is -0.121. The van der Waals surface area contributed by atoms with Crippen LogP contribution in [0.4, 0.5) is 4.39 Å². The predicted molar refractivity (Wildman–Crippen MR) is 98.3 cm³/mol. The van der Waals surface area contributed by atoms with Crippen LogP contribution in [0.2, 0.25) is 0 Å². The average molecular weight is 343 g/mol. The Hall–Kier alpha value is -2.36. The van der Waals surface area contributed by atoms with E-state index >= 15 is 0 Å². The summed E-state index contributed by atoms with van der Waals surface area (Å²) < 4.78 is 19.1. The number of hydrogen-bond acceptors (Lipinski definition) is 2. The first-order valence-electron chi connectivity index (χ1n) is 8.80. The Bertz CT molecular complexity index is 668. The Morgan fingerprint density at radius 3 is 2.48 bits per heavy atom. The van der Waals surface area contributed by atoms with Crippen molar-refractivity contribution >= 4 is 5.91 Å². The number of aryl methyl sites for hydroxylation is 2. The molecule has 0 saturated carbocycles. The van der Waals surface area contributed by atoms with E-state index in [1.165, 1.54) is 11.6 Å². The van der Waals surface area contributed by atoms with Gasteiger partial charge in [0, 0.05) is 13.0 Å². The maximum absolute atomic E-state index is 13.5. The molecule has 0 aromatic heterocycles. The van der Waals surface area contributed by atoms with Crippen molar-refractivity contribution in [3.63, 3.8) is 0 Å². The quantitative estimate of drug-likeness (QED) is 0.690. The molecule has 0 unspecified atom stereocenters. The van der Waals surface area contributed by atoms with Crippen LogP contribution >= 0.6 is 0 Å². The summed E-state index contributed by atoms with van der Waals surface area (Å²) in [5.74, 6) is 0.587. The van der Waals surface area contributed by atoms with Gasteiger partial charge in [0.1, 0.15) is 11.6 Å². The normalized spacial score (nSPS) is 10.7. The first kappa shape index (κ1) is 19.0. The van der Waals surface area contributed by atoms with E-state index in [4.69, 9.17) is 4.74 Å². The number of hydrogen-bond donors (Lipinski definition) is 1. The van der Waals surface area contributed by atoms with Gasteiger partial charge in [0.25, 0.3) is 0 Å². The summed E-state index contributed by atoms with van der Waals surface area (Å²) in [6, 6.07) is 14.6. The average Bonchev–Trinajstić information content (AvgIpc) is 2.59. The predicted octanol–water partition coefficient (Wildman–Crippen LogP) is 4.29. The smallest absolute Gasteiger partial charge is 0.220 e. The number of carbonyl (C=O) groups excluding carboxylic acids is 1. The molecule has 0 atom stereocenters. The topological polar surface area (TPSA) is 38.3 Å². The molecule has 0 aliphatic heterocycles. The lowest BCUT2D eigenvalue weighted by Gasteiger charge is -2.10. The Labute approximate surface area is 149 Å². The molecule has 0 bridgehead atoms. The molecule has 1 N–H and O–H groups in total. The highest BCUT2D eigenvalue weighted by Gasteiger charge is 2.05. The molecule has 0 spiro atoms. The third kappa shape index (κ3) is 6.96. The maximum atomic E-state index is 13.5. The molecule has 2 aromatic carbocycles. The summed E-state index contributed by atoms with van der Waals surface area (Å²) in [6.07, 6.45) is 2.68. The van der Waals surface area contributed by atoms with E-state index in [1.807, 2.05) is 26.0 Å². The molecule has 25 heavy (non-hydrogen) atoms. The standard InChI is InChI=1S/C21H26FNO2/c1-16(2)25-19-12-9-17(10-13-19)6-5-15-23-21(24)14-11-18-7-3-4-8-20(18)22/h3-4,7-10,12-13,16H,5-6,11,14-15H2,1-2H3,(H,23,24). The number of benzene rings is 2. The summed E-state index contributed by atoms with van der Waals surface area (Å²) >= 11 is 0. The van der Waals surface area contributed by atoms with Crippen LogP contribution in [0.3, 0.4) is 0 Å². The van der Waals surface area contributed by atoms with Crippen LogP contribution in [-0.2, 0) is 17.6 Å². The van der Waals surface area contributed by atoms with E-state index in [-0.39, 0.29) is 17.8 Å². The third-order valence-electron chi connectivity index (χ3n) is 3.84. The van der Waals surface area contributed by atoms with Crippen LogP contribution in [0.1, 0.15) is 37.8 Å². The maximum Gasteiger partial charge on any atom is 0.220 e. The molecule has 1 amide bonds. The Kier molecular flexibility index (Phi) is 7.45. The van der Waals surface area contributed by atoms with Crippen LogP contribution in [-0.4, -0.2) is 18.6 Å². The minimum absolute atomic E-state index is 0.0380. The van der Waals surface area contributed by atoms with E-state index in [0.717, 1.165) is 18.6 Å². The SMILES string of the molecule is CC(C)Oc1ccc(CCCNC(=O)CCc2ccccc2F)cc1. The number of rotatable bonds is 9. The van der Waals surface area contributed by atoms with Gasteiger partial charge in [0.05, 0.1) is 6.10 Å². The zero-order chi connectivity index (χ0) is 18.1. The molecule has 134 valence electrons. The highest BCUT2D eigenvalue weighted by Crippen LogP contribution is 2.14. The van der Waals surface area contributed by atoms with Gasteiger partial charge >= 0.3 is 0 Å². The minimum atomic E-state index is -0.250. The Morgan fingerprint density at radius 2 is 1.80 bits per heavy atom. The highest BCUT2D eigenvalue weighted by molar-refractivity contribution is 5.76. The van der Waals surface area contributed by atoms with Crippen molar-refractivity contribution < 1.29 is 13.9 Å². The zero-order valence-corrected chi connectivity index (χ0v) is 14.9. The van der Waals surface area contributed by atoms with Crippen molar-refractivity contribution in [2.24, 2.45) is 0 Å². The van der Waals surface area contributed by atoms with E-state index in [0.29, 0.717) is 24.9 Å². The second kappa shape index (κ2) is 9.82. The van der Waals surface area contributed by atoms with E-state index in [9.17, 15) is 9.18 Å². The van der Waals surface area contributed by atoms with E-state index in [1.54, 1.807) is 18.2 Å². The lowest BCUT2D eigenvalue weighted by Crippen LogP contribution is -2.25. The molecule has 0 saturated heterocycles. The molecule has 4 heteroatoms. The Morgan fingerprint density at radius 1 is 1.08 bits per heavy atom.